The Kier molecular flexibility index (Phi) is 5.85. The normalized spacial score (nSPS) is 10.7. The van der Waals surface area contributed by atoms with Crippen LogP contribution < -0.4 is 10.1 Å². The summed E-state index contributed by atoms with van der Waals surface area (Å²) in [6.07, 6.45) is 1.87. The molecule has 0 saturated carbocycles. The van der Waals surface area contributed by atoms with Crippen molar-refractivity contribution in [2.45, 2.75) is 26.6 Å². The second kappa shape index (κ2) is 8.29. The Morgan fingerprint density at radius 2 is 2.12 bits per heavy atom. The maximum atomic E-state index is 12.2. The minimum absolute atomic E-state index is 0.133. The van der Waals surface area contributed by atoms with Crippen LogP contribution in [-0.2, 0) is 19.7 Å². The quantitative estimate of drug-likeness (QED) is 0.648. The zero-order valence-corrected chi connectivity index (χ0v) is 15.5. The third kappa shape index (κ3) is 4.39. The van der Waals surface area contributed by atoms with Crippen LogP contribution in [0.1, 0.15) is 28.9 Å². The van der Waals surface area contributed by atoms with Crippen molar-refractivity contribution in [3.8, 4) is 5.75 Å². The van der Waals surface area contributed by atoms with Gasteiger partial charge in [-0.05, 0) is 37.3 Å². The number of carbonyl (C=O) groups is 1. The first-order chi connectivity index (χ1) is 12.6. The van der Waals surface area contributed by atoms with Gasteiger partial charge >= 0.3 is 0 Å². The molecule has 26 heavy (non-hydrogen) atoms. The van der Waals surface area contributed by atoms with Crippen molar-refractivity contribution >= 4 is 29.1 Å². The van der Waals surface area contributed by atoms with Gasteiger partial charge in [-0.25, -0.2) is 0 Å². The van der Waals surface area contributed by atoms with E-state index in [9.17, 15) is 4.79 Å². The average Bonchev–Trinajstić information content (AvgIpc) is 3.30. The number of aromatic nitrogens is 2. The number of nitrogens with zero attached hydrogens (tertiary/aromatic N) is 2. The molecule has 2 aromatic heterocycles. The van der Waals surface area contributed by atoms with E-state index in [1.165, 1.54) is 0 Å². The van der Waals surface area contributed by atoms with E-state index < -0.39 is 0 Å². The van der Waals surface area contributed by atoms with Gasteiger partial charge in [0.2, 0.25) is 0 Å². The van der Waals surface area contributed by atoms with Crippen LogP contribution in [0.4, 0.5) is 0 Å². The average molecular weight is 394 g/mol. The molecule has 6 nitrogen and oxygen atoms in total. The van der Waals surface area contributed by atoms with Crippen molar-refractivity contribution in [2.75, 3.05) is 0 Å². The lowest BCUT2D eigenvalue weighted by atomic mass is 10.3. The molecule has 0 spiro atoms. The molecule has 0 saturated heterocycles. The Morgan fingerprint density at radius 3 is 2.88 bits per heavy atom. The molecule has 0 aliphatic carbocycles. The van der Waals surface area contributed by atoms with Crippen LogP contribution in [0.25, 0.3) is 0 Å². The summed E-state index contributed by atoms with van der Waals surface area (Å²) >= 11 is 12.0. The number of hydrogen-bond donors (Lipinski definition) is 1. The van der Waals surface area contributed by atoms with E-state index in [2.05, 4.69) is 10.4 Å². The molecule has 3 rings (SSSR count). The second-order valence-corrected chi connectivity index (χ2v) is 6.24. The van der Waals surface area contributed by atoms with E-state index >= 15 is 0 Å². The van der Waals surface area contributed by atoms with E-state index in [4.69, 9.17) is 32.4 Å². The molecule has 0 unspecified atom stereocenters. The van der Waals surface area contributed by atoms with Gasteiger partial charge < -0.3 is 14.5 Å². The summed E-state index contributed by atoms with van der Waals surface area (Å²) < 4.78 is 12.9. The Labute approximate surface area is 160 Å². The first kappa shape index (κ1) is 18.4. The molecule has 0 bridgehead atoms. The summed E-state index contributed by atoms with van der Waals surface area (Å²) in [4.78, 5) is 12.2. The standard InChI is InChI=1S/C18H17Cl2N3O3/c1-2-23-9-8-12(22-23)10-21-18(24)16-7-6-13(26-16)11-25-15-5-3-4-14(19)17(15)20/h3-9H,2,10-11H2,1H3,(H,21,24). The molecule has 0 aliphatic rings. The van der Waals surface area contributed by atoms with Crippen LogP contribution in [-0.4, -0.2) is 15.7 Å². The fourth-order valence-electron chi connectivity index (χ4n) is 2.25. The predicted octanol–water partition coefficient (Wildman–Crippen LogP) is 4.31. The molecule has 1 amide bonds. The van der Waals surface area contributed by atoms with Gasteiger partial charge in [-0.1, -0.05) is 29.3 Å². The minimum Gasteiger partial charge on any atom is -0.484 e. The Morgan fingerprint density at radius 1 is 1.27 bits per heavy atom. The molecule has 3 aromatic rings. The van der Waals surface area contributed by atoms with Crippen molar-refractivity contribution in [1.29, 1.82) is 0 Å². The van der Waals surface area contributed by atoms with E-state index in [0.717, 1.165) is 12.2 Å². The first-order valence-corrected chi connectivity index (χ1v) is 8.78. The number of furan rings is 1. The molecule has 1 N–H and O–H groups in total. The largest absolute Gasteiger partial charge is 0.484 e. The number of halogens is 2. The SMILES string of the molecule is CCn1ccc(CNC(=O)c2ccc(COc3cccc(Cl)c3Cl)o2)n1. The highest BCUT2D eigenvalue weighted by molar-refractivity contribution is 6.42. The van der Waals surface area contributed by atoms with E-state index in [0.29, 0.717) is 28.1 Å². The van der Waals surface area contributed by atoms with Gasteiger partial charge in [0.05, 0.1) is 17.3 Å². The van der Waals surface area contributed by atoms with Gasteiger partial charge in [-0.3, -0.25) is 9.48 Å². The molecule has 0 radical (unpaired) electrons. The number of rotatable bonds is 7. The lowest BCUT2D eigenvalue weighted by molar-refractivity contribution is 0.0918. The van der Waals surface area contributed by atoms with E-state index in [-0.39, 0.29) is 18.3 Å². The topological polar surface area (TPSA) is 69.3 Å². The molecule has 136 valence electrons. The van der Waals surface area contributed by atoms with Gasteiger partial charge in [-0.2, -0.15) is 5.10 Å². The number of hydrogen-bond acceptors (Lipinski definition) is 4. The van der Waals surface area contributed by atoms with Crippen molar-refractivity contribution < 1.29 is 13.9 Å². The van der Waals surface area contributed by atoms with Crippen LogP contribution in [0.15, 0.2) is 47.0 Å². The highest BCUT2D eigenvalue weighted by Gasteiger charge is 2.13. The Bertz CT molecular complexity index is 905. The number of ether oxygens (including phenoxy) is 1. The maximum absolute atomic E-state index is 12.2. The fourth-order valence-corrected chi connectivity index (χ4v) is 2.60. The monoisotopic (exact) mass is 393 g/mol. The minimum atomic E-state index is -0.317. The molecule has 0 fully saturated rings. The lowest BCUT2D eigenvalue weighted by Crippen LogP contribution is -2.22. The van der Waals surface area contributed by atoms with Crippen molar-refractivity contribution in [2.24, 2.45) is 0 Å². The molecular formula is C18H17Cl2N3O3. The second-order valence-electron chi connectivity index (χ2n) is 5.45. The zero-order valence-electron chi connectivity index (χ0n) is 14.0. The van der Waals surface area contributed by atoms with Crippen molar-refractivity contribution in [3.05, 3.63) is 69.9 Å². The van der Waals surface area contributed by atoms with E-state index in [1.807, 2.05) is 19.2 Å². The number of carbonyl (C=O) groups excluding carboxylic acids is 1. The predicted molar refractivity (Wildman–Crippen MR) is 98.6 cm³/mol. The maximum Gasteiger partial charge on any atom is 0.287 e. The summed E-state index contributed by atoms with van der Waals surface area (Å²) in [6.45, 7) is 3.25. The number of aryl methyl sites for hydroxylation is 1. The summed E-state index contributed by atoms with van der Waals surface area (Å²) in [5, 5.41) is 7.82. The summed E-state index contributed by atoms with van der Waals surface area (Å²) in [5.74, 6) is 0.841. The molecule has 8 heteroatoms. The van der Waals surface area contributed by atoms with Crippen molar-refractivity contribution in [1.82, 2.24) is 15.1 Å². The molecular weight excluding hydrogens is 377 g/mol. The highest BCUT2D eigenvalue weighted by atomic mass is 35.5. The summed E-state index contributed by atoms with van der Waals surface area (Å²) in [6, 6.07) is 10.3. The number of amides is 1. The smallest absolute Gasteiger partial charge is 0.287 e. The number of nitrogens with one attached hydrogen (secondary N) is 1. The molecule has 1 aromatic carbocycles. The van der Waals surface area contributed by atoms with Crippen LogP contribution in [0.3, 0.4) is 0 Å². The van der Waals surface area contributed by atoms with Gasteiger partial charge in [0.25, 0.3) is 5.91 Å². The van der Waals surface area contributed by atoms with Crippen LogP contribution in [0.5, 0.6) is 5.75 Å². The van der Waals surface area contributed by atoms with Crippen LogP contribution in [0.2, 0.25) is 10.0 Å². The first-order valence-electron chi connectivity index (χ1n) is 8.03. The molecule has 2 heterocycles. The van der Waals surface area contributed by atoms with Gasteiger partial charge in [0.15, 0.2) is 5.76 Å². The van der Waals surface area contributed by atoms with Gasteiger partial charge in [0.1, 0.15) is 23.1 Å². The summed E-state index contributed by atoms with van der Waals surface area (Å²) in [5.41, 5.74) is 0.783. The zero-order chi connectivity index (χ0) is 18.5. The molecule has 0 atom stereocenters. The summed E-state index contributed by atoms with van der Waals surface area (Å²) in [7, 11) is 0. The third-order valence-corrected chi connectivity index (χ3v) is 4.42. The van der Waals surface area contributed by atoms with Gasteiger partial charge in [-0.15, -0.1) is 0 Å². The van der Waals surface area contributed by atoms with E-state index in [1.54, 1.807) is 35.0 Å². The van der Waals surface area contributed by atoms with Crippen molar-refractivity contribution in [3.63, 3.8) is 0 Å². The van der Waals surface area contributed by atoms with Crippen LogP contribution in [0, 0.1) is 0 Å². The number of benzene rings is 1. The molecule has 0 aliphatic heterocycles. The Balaban J connectivity index is 1.55. The van der Waals surface area contributed by atoms with Gasteiger partial charge in [0, 0.05) is 12.7 Å². The lowest BCUT2D eigenvalue weighted by Gasteiger charge is -2.07. The van der Waals surface area contributed by atoms with Crippen LogP contribution >= 0.6 is 23.2 Å². The third-order valence-electron chi connectivity index (χ3n) is 3.62. The highest BCUT2D eigenvalue weighted by Crippen LogP contribution is 2.32. The fraction of sp³-hybridized carbons (Fsp3) is 0.222. The Hall–Kier alpha value is -2.44.